The second-order valence-corrected chi connectivity index (χ2v) is 6.00. The van der Waals surface area contributed by atoms with Gasteiger partial charge in [-0.25, -0.2) is 0 Å². The minimum absolute atomic E-state index is 0.304. The van der Waals surface area contributed by atoms with E-state index in [1.165, 1.54) is 5.56 Å². The Balaban J connectivity index is 1.51. The highest BCUT2D eigenvalue weighted by atomic mass is 32.1. The van der Waals surface area contributed by atoms with Crippen LogP contribution in [0.2, 0.25) is 0 Å². The predicted octanol–water partition coefficient (Wildman–Crippen LogP) is 1.99. The van der Waals surface area contributed by atoms with Crippen LogP contribution in [0.3, 0.4) is 0 Å². The van der Waals surface area contributed by atoms with Gasteiger partial charge in [0.15, 0.2) is 0 Å². The molecule has 1 saturated heterocycles. The van der Waals surface area contributed by atoms with Crippen molar-refractivity contribution >= 4 is 17.2 Å². The summed E-state index contributed by atoms with van der Waals surface area (Å²) >= 11 is 5.08. The van der Waals surface area contributed by atoms with Crippen LogP contribution in [0.15, 0.2) is 24.3 Å². The third-order valence-electron chi connectivity index (χ3n) is 4.17. The van der Waals surface area contributed by atoms with E-state index in [-0.39, 0.29) is 0 Å². The fraction of sp³-hybridized carbons (Fsp3) is 0.533. The average Bonchev–Trinajstić information content (AvgIpc) is 2.81. The van der Waals surface area contributed by atoms with E-state index in [0.29, 0.717) is 17.0 Å². The van der Waals surface area contributed by atoms with Gasteiger partial charge >= 0.3 is 0 Å². The van der Waals surface area contributed by atoms with E-state index < -0.39 is 0 Å². The second-order valence-electron chi connectivity index (χ2n) is 5.53. The van der Waals surface area contributed by atoms with Gasteiger partial charge in [-0.3, -0.25) is 4.90 Å². The fourth-order valence-corrected chi connectivity index (χ4v) is 3.28. The highest BCUT2D eigenvalue weighted by molar-refractivity contribution is 7.80. The van der Waals surface area contributed by atoms with Gasteiger partial charge in [0.25, 0.3) is 0 Å². The first kappa shape index (κ1) is 12.9. The Morgan fingerprint density at radius 3 is 2.74 bits per heavy atom. The van der Waals surface area contributed by atoms with Gasteiger partial charge in [-0.1, -0.05) is 30.4 Å². The molecule has 1 unspecified atom stereocenters. The first-order valence-electron chi connectivity index (χ1n) is 6.98. The third kappa shape index (κ3) is 2.90. The molecule has 0 radical (unpaired) electrons. The summed E-state index contributed by atoms with van der Waals surface area (Å²) in [5.74, 6) is 1.50. The fourth-order valence-electron chi connectivity index (χ4n) is 3.04. The molecule has 3 rings (SSSR count). The van der Waals surface area contributed by atoms with Crippen molar-refractivity contribution in [1.82, 2.24) is 4.90 Å². The molecule has 2 aliphatic rings. The predicted molar refractivity (Wildman–Crippen MR) is 80.5 cm³/mol. The summed E-state index contributed by atoms with van der Waals surface area (Å²) in [6.45, 7) is 3.18. The number of nitrogens with two attached hydrogens (primary N) is 1. The van der Waals surface area contributed by atoms with E-state index in [0.717, 1.165) is 44.6 Å². The van der Waals surface area contributed by atoms with Crippen molar-refractivity contribution in [3.8, 4) is 5.75 Å². The summed E-state index contributed by atoms with van der Waals surface area (Å²) in [4.78, 5) is 3.16. The molecule has 2 heterocycles. The molecule has 1 aromatic carbocycles. The average molecular weight is 276 g/mol. The van der Waals surface area contributed by atoms with Gasteiger partial charge in [0.1, 0.15) is 11.9 Å². The smallest absolute Gasteiger partial charge is 0.123 e. The van der Waals surface area contributed by atoms with E-state index in [1.54, 1.807) is 0 Å². The highest BCUT2D eigenvalue weighted by Crippen LogP contribution is 2.29. The van der Waals surface area contributed by atoms with Gasteiger partial charge in [-0.2, -0.15) is 0 Å². The van der Waals surface area contributed by atoms with E-state index >= 15 is 0 Å². The summed E-state index contributed by atoms with van der Waals surface area (Å²) in [6.07, 6.45) is 3.52. The van der Waals surface area contributed by atoms with Gasteiger partial charge in [0.2, 0.25) is 0 Å². The van der Waals surface area contributed by atoms with Crippen molar-refractivity contribution < 1.29 is 4.74 Å². The normalized spacial score (nSPS) is 23.9. The Morgan fingerprint density at radius 1 is 1.32 bits per heavy atom. The lowest BCUT2D eigenvalue weighted by Gasteiger charge is -2.32. The molecule has 3 nitrogen and oxygen atoms in total. The lowest BCUT2D eigenvalue weighted by Crippen LogP contribution is -2.42. The number of thiocarbonyl (C=S) groups is 1. The molecule has 2 aliphatic heterocycles. The Kier molecular flexibility index (Phi) is 3.71. The minimum atomic E-state index is 0.304. The molecule has 19 heavy (non-hydrogen) atoms. The van der Waals surface area contributed by atoms with E-state index in [4.69, 9.17) is 22.7 Å². The van der Waals surface area contributed by atoms with Crippen molar-refractivity contribution in [2.45, 2.75) is 25.4 Å². The molecule has 102 valence electrons. The molecule has 0 aromatic heterocycles. The molecule has 0 aliphatic carbocycles. The lowest BCUT2D eigenvalue weighted by atomic mass is 9.96. The SMILES string of the molecule is NC(=S)C1CCN(CC2Cc3ccccc3O2)CC1. The molecular weight excluding hydrogens is 256 g/mol. The molecule has 0 amide bonds. The number of benzene rings is 1. The number of rotatable bonds is 3. The molecule has 0 saturated carbocycles. The van der Waals surface area contributed by atoms with Gasteiger partial charge < -0.3 is 10.5 Å². The molecule has 0 bridgehead atoms. The molecule has 1 fully saturated rings. The standard InChI is InChI=1S/C15H20N2OS/c16-15(19)11-5-7-17(8-6-11)10-13-9-12-3-1-2-4-14(12)18-13/h1-4,11,13H,5-10H2,(H2,16,19). The zero-order valence-corrected chi connectivity index (χ0v) is 11.9. The minimum Gasteiger partial charge on any atom is -0.488 e. The first-order chi connectivity index (χ1) is 9.22. The number of hydrogen-bond acceptors (Lipinski definition) is 3. The second kappa shape index (κ2) is 5.47. The van der Waals surface area contributed by atoms with Gasteiger partial charge in [0.05, 0.1) is 4.99 Å². The van der Waals surface area contributed by atoms with Crippen molar-refractivity contribution in [2.24, 2.45) is 11.7 Å². The van der Waals surface area contributed by atoms with Gasteiger partial charge in [0, 0.05) is 18.9 Å². The monoisotopic (exact) mass is 276 g/mol. The van der Waals surface area contributed by atoms with E-state index in [1.807, 2.05) is 6.07 Å². The van der Waals surface area contributed by atoms with Gasteiger partial charge in [-0.05, 0) is 37.6 Å². The van der Waals surface area contributed by atoms with Crippen LogP contribution in [0.4, 0.5) is 0 Å². The molecule has 2 N–H and O–H groups in total. The molecular formula is C15H20N2OS. The van der Waals surface area contributed by atoms with Crippen LogP contribution in [-0.4, -0.2) is 35.6 Å². The van der Waals surface area contributed by atoms with Crippen LogP contribution in [0.5, 0.6) is 5.75 Å². The summed E-state index contributed by atoms with van der Waals surface area (Å²) < 4.78 is 5.99. The molecule has 4 heteroatoms. The third-order valence-corrected chi connectivity index (χ3v) is 4.50. The summed E-state index contributed by atoms with van der Waals surface area (Å²) in [5.41, 5.74) is 7.06. The number of ether oxygens (including phenoxy) is 1. The van der Waals surface area contributed by atoms with Crippen LogP contribution >= 0.6 is 12.2 Å². The Morgan fingerprint density at radius 2 is 2.05 bits per heavy atom. The maximum absolute atomic E-state index is 5.99. The van der Waals surface area contributed by atoms with Crippen LogP contribution in [-0.2, 0) is 6.42 Å². The van der Waals surface area contributed by atoms with Crippen LogP contribution < -0.4 is 10.5 Å². The molecule has 0 spiro atoms. The number of para-hydroxylation sites is 1. The molecule has 1 atom stereocenters. The molecule has 1 aromatic rings. The maximum Gasteiger partial charge on any atom is 0.123 e. The largest absolute Gasteiger partial charge is 0.488 e. The van der Waals surface area contributed by atoms with Crippen molar-refractivity contribution in [2.75, 3.05) is 19.6 Å². The number of piperidine rings is 1. The Hall–Kier alpha value is -1.13. The summed E-state index contributed by atoms with van der Waals surface area (Å²) in [5, 5.41) is 0. The quantitative estimate of drug-likeness (QED) is 0.857. The maximum atomic E-state index is 5.99. The number of likely N-dealkylation sites (tertiary alicyclic amines) is 1. The zero-order chi connectivity index (χ0) is 13.2. The van der Waals surface area contributed by atoms with Crippen molar-refractivity contribution in [3.63, 3.8) is 0 Å². The number of hydrogen-bond donors (Lipinski definition) is 1. The van der Waals surface area contributed by atoms with Crippen LogP contribution in [0.1, 0.15) is 18.4 Å². The zero-order valence-electron chi connectivity index (χ0n) is 11.0. The summed E-state index contributed by atoms with van der Waals surface area (Å²) in [6, 6.07) is 8.34. The first-order valence-corrected chi connectivity index (χ1v) is 7.39. The van der Waals surface area contributed by atoms with Gasteiger partial charge in [-0.15, -0.1) is 0 Å². The number of nitrogens with zero attached hydrogens (tertiary/aromatic N) is 1. The summed E-state index contributed by atoms with van der Waals surface area (Å²) in [7, 11) is 0. The van der Waals surface area contributed by atoms with E-state index in [9.17, 15) is 0 Å². The topological polar surface area (TPSA) is 38.5 Å². The highest BCUT2D eigenvalue weighted by Gasteiger charge is 2.27. The number of fused-ring (bicyclic) bond motifs is 1. The van der Waals surface area contributed by atoms with Crippen LogP contribution in [0, 0.1) is 5.92 Å². The van der Waals surface area contributed by atoms with Crippen molar-refractivity contribution in [1.29, 1.82) is 0 Å². The Labute approximate surface area is 119 Å². The lowest BCUT2D eigenvalue weighted by molar-refractivity contribution is 0.127. The Bertz CT molecular complexity index is 444. The van der Waals surface area contributed by atoms with E-state index in [2.05, 4.69) is 23.1 Å². The van der Waals surface area contributed by atoms with Crippen molar-refractivity contribution in [3.05, 3.63) is 29.8 Å². The van der Waals surface area contributed by atoms with Crippen LogP contribution in [0.25, 0.3) is 0 Å².